The smallest absolute Gasteiger partial charge is 0.0959 e. The number of nitrogens with zero attached hydrogens (tertiary/aromatic N) is 3. The first-order valence-electron chi connectivity index (χ1n) is 4.59. The first kappa shape index (κ1) is 10.1. The fourth-order valence-corrected chi connectivity index (χ4v) is 1.42. The van der Waals surface area contributed by atoms with Crippen molar-refractivity contribution in [3.05, 3.63) is 47.8 Å². The molecule has 0 spiro atoms. The van der Waals surface area contributed by atoms with Gasteiger partial charge in [0.15, 0.2) is 0 Å². The van der Waals surface area contributed by atoms with Crippen LogP contribution in [-0.4, -0.2) is 14.5 Å². The summed E-state index contributed by atoms with van der Waals surface area (Å²) in [5.41, 5.74) is 6.88. The van der Waals surface area contributed by atoms with E-state index in [1.54, 1.807) is 18.7 Å². The van der Waals surface area contributed by atoms with Gasteiger partial charge in [0.1, 0.15) is 0 Å². The van der Waals surface area contributed by atoms with E-state index < -0.39 is 0 Å². The van der Waals surface area contributed by atoms with Crippen LogP contribution < -0.4 is 5.73 Å². The van der Waals surface area contributed by atoms with E-state index >= 15 is 0 Å². The monoisotopic (exact) mass is 222 g/mol. The van der Waals surface area contributed by atoms with E-state index in [-0.39, 0.29) is 6.17 Å². The van der Waals surface area contributed by atoms with Gasteiger partial charge in [-0.2, -0.15) is 0 Å². The average molecular weight is 223 g/mol. The first-order chi connectivity index (χ1) is 7.25. The maximum absolute atomic E-state index is 5.96. The number of hydrogen-bond acceptors (Lipinski definition) is 3. The van der Waals surface area contributed by atoms with Gasteiger partial charge >= 0.3 is 0 Å². The highest BCUT2D eigenvalue weighted by Crippen LogP contribution is 2.10. The van der Waals surface area contributed by atoms with Crippen LogP contribution in [0.15, 0.2) is 37.1 Å². The van der Waals surface area contributed by atoms with E-state index in [9.17, 15) is 0 Å². The zero-order valence-corrected chi connectivity index (χ0v) is 8.80. The summed E-state index contributed by atoms with van der Waals surface area (Å²) in [7, 11) is 0. The van der Waals surface area contributed by atoms with E-state index in [0.717, 1.165) is 5.69 Å². The van der Waals surface area contributed by atoms with E-state index in [4.69, 9.17) is 17.3 Å². The van der Waals surface area contributed by atoms with Crippen molar-refractivity contribution in [3.63, 3.8) is 0 Å². The summed E-state index contributed by atoms with van der Waals surface area (Å²) in [6.45, 7) is 0. The van der Waals surface area contributed by atoms with Gasteiger partial charge in [-0.15, -0.1) is 0 Å². The first-order valence-corrected chi connectivity index (χ1v) is 4.97. The predicted octanol–water partition coefficient (Wildman–Crippen LogP) is 1.63. The second-order valence-corrected chi connectivity index (χ2v) is 3.69. The summed E-state index contributed by atoms with van der Waals surface area (Å²) in [5, 5.41) is 0.634. The summed E-state index contributed by atoms with van der Waals surface area (Å²) >= 11 is 5.74. The summed E-state index contributed by atoms with van der Waals surface area (Å²) in [6.07, 6.45) is 7.38. The van der Waals surface area contributed by atoms with E-state index in [0.29, 0.717) is 11.4 Å². The van der Waals surface area contributed by atoms with Crippen LogP contribution in [0.25, 0.3) is 0 Å². The average Bonchev–Trinajstić information content (AvgIpc) is 2.74. The third-order valence-electron chi connectivity index (χ3n) is 2.11. The van der Waals surface area contributed by atoms with Crippen molar-refractivity contribution in [3.8, 4) is 0 Å². The molecule has 1 unspecified atom stereocenters. The molecule has 2 aromatic rings. The molecule has 0 bridgehead atoms. The molecule has 4 nitrogen and oxygen atoms in total. The normalized spacial score (nSPS) is 12.7. The number of hydrogen-bond donors (Lipinski definition) is 1. The predicted molar refractivity (Wildman–Crippen MR) is 58.4 cm³/mol. The molecule has 2 aromatic heterocycles. The molecule has 0 radical (unpaired) electrons. The van der Waals surface area contributed by atoms with Crippen molar-refractivity contribution in [1.29, 1.82) is 0 Å². The highest BCUT2D eigenvalue weighted by atomic mass is 35.5. The topological polar surface area (TPSA) is 56.7 Å². The minimum Gasteiger partial charge on any atom is -0.321 e. The zero-order valence-electron chi connectivity index (χ0n) is 8.05. The molecule has 15 heavy (non-hydrogen) atoms. The molecule has 2 rings (SSSR count). The minimum absolute atomic E-state index is 0.138. The van der Waals surface area contributed by atoms with Crippen LogP contribution in [0, 0.1) is 0 Å². The molecule has 2 N–H and O–H groups in total. The Hall–Kier alpha value is -1.39. The molecule has 0 aliphatic carbocycles. The van der Waals surface area contributed by atoms with E-state index in [1.165, 1.54) is 0 Å². The minimum atomic E-state index is -0.138. The SMILES string of the molecule is NC(Cc1ccc(Cl)cn1)n1ccnc1. The van der Waals surface area contributed by atoms with Crippen molar-refractivity contribution < 1.29 is 0 Å². The van der Waals surface area contributed by atoms with Crippen LogP contribution in [0.1, 0.15) is 11.9 Å². The molecule has 0 fully saturated rings. The van der Waals surface area contributed by atoms with Gasteiger partial charge in [-0.05, 0) is 12.1 Å². The second-order valence-electron chi connectivity index (χ2n) is 3.25. The van der Waals surface area contributed by atoms with Gasteiger partial charge in [-0.25, -0.2) is 4.98 Å². The molecule has 0 aromatic carbocycles. The Balaban J connectivity index is 2.06. The lowest BCUT2D eigenvalue weighted by Gasteiger charge is -2.12. The van der Waals surface area contributed by atoms with Gasteiger partial charge < -0.3 is 10.3 Å². The Morgan fingerprint density at radius 3 is 2.93 bits per heavy atom. The third kappa shape index (κ3) is 2.55. The van der Waals surface area contributed by atoms with Crippen molar-refractivity contribution in [2.45, 2.75) is 12.6 Å². The van der Waals surface area contributed by atoms with E-state index in [1.807, 2.05) is 22.9 Å². The van der Waals surface area contributed by atoms with Crippen LogP contribution >= 0.6 is 11.6 Å². The zero-order chi connectivity index (χ0) is 10.7. The van der Waals surface area contributed by atoms with Crippen LogP contribution in [-0.2, 0) is 6.42 Å². The molecule has 0 amide bonds. The molecular weight excluding hydrogens is 212 g/mol. The van der Waals surface area contributed by atoms with Crippen molar-refractivity contribution >= 4 is 11.6 Å². The number of halogens is 1. The second kappa shape index (κ2) is 4.42. The maximum Gasteiger partial charge on any atom is 0.0959 e. The van der Waals surface area contributed by atoms with Gasteiger partial charge in [0.2, 0.25) is 0 Å². The summed E-state index contributed by atoms with van der Waals surface area (Å²) in [6, 6.07) is 3.68. The molecule has 0 aliphatic rings. The molecule has 5 heteroatoms. The molecule has 0 saturated heterocycles. The Labute approximate surface area is 92.7 Å². The lowest BCUT2D eigenvalue weighted by Crippen LogP contribution is -2.20. The molecule has 1 atom stereocenters. The summed E-state index contributed by atoms with van der Waals surface area (Å²) < 4.78 is 1.84. The third-order valence-corrected chi connectivity index (χ3v) is 2.34. The number of aromatic nitrogens is 3. The number of rotatable bonds is 3. The highest BCUT2D eigenvalue weighted by molar-refractivity contribution is 6.30. The molecule has 2 heterocycles. The number of pyridine rings is 1. The Kier molecular flexibility index (Phi) is 2.99. The van der Waals surface area contributed by atoms with Gasteiger partial charge in [0, 0.05) is 30.7 Å². The van der Waals surface area contributed by atoms with Crippen LogP contribution in [0.4, 0.5) is 0 Å². The Bertz CT molecular complexity index is 409. The standard InChI is InChI=1S/C10H11ClN4/c11-8-1-2-9(14-6-8)5-10(12)15-4-3-13-7-15/h1-4,6-7,10H,5,12H2. The highest BCUT2D eigenvalue weighted by Gasteiger charge is 2.05. The number of nitrogens with two attached hydrogens (primary N) is 1. The van der Waals surface area contributed by atoms with Gasteiger partial charge in [0.25, 0.3) is 0 Å². The van der Waals surface area contributed by atoms with Crippen LogP contribution in [0.3, 0.4) is 0 Å². The van der Waals surface area contributed by atoms with Crippen molar-refractivity contribution in [2.75, 3.05) is 0 Å². The van der Waals surface area contributed by atoms with Crippen LogP contribution in [0.2, 0.25) is 5.02 Å². The van der Waals surface area contributed by atoms with Crippen molar-refractivity contribution in [2.24, 2.45) is 5.73 Å². The fourth-order valence-electron chi connectivity index (χ4n) is 1.31. The lowest BCUT2D eigenvalue weighted by molar-refractivity contribution is 0.512. The molecule has 0 aliphatic heterocycles. The Morgan fingerprint density at radius 1 is 1.47 bits per heavy atom. The largest absolute Gasteiger partial charge is 0.321 e. The molecule has 78 valence electrons. The molecular formula is C10H11ClN4. The maximum atomic E-state index is 5.96. The summed E-state index contributed by atoms with van der Waals surface area (Å²) in [5.74, 6) is 0. The quantitative estimate of drug-likeness (QED) is 0.859. The van der Waals surface area contributed by atoms with Gasteiger partial charge in [0.05, 0.1) is 17.5 Å². The summed E-state index contributed by atoms with van der Waals surface area (Å²) in [4.78, 5) is 8.12. The lowest BCUT2D eigenvalue weighted by atomic mass is 10.2. The Morgan fingerprint density at radius 2 is 2.33 bits per heavy atom. The number of imidazole rings is 1. The molecule has 0 saturated carbocycles. The van der Waals surface area contributed by atoms with Crippen molar-refractivity contribution in [1.82, 2.24) is 14.5 Å². The van der Waals surface area contributed by atoms with E-state index in [2.05, 4.69) is 9.97 Å². The van der Waals surface area contributed by atoms with Crippen LogP contribution in [0.5, 0.6) is 0 Å². The fraction of sp³-hybridized carbons (Fsp3) is 0.200. The van der Waals surface area contributed by atoms with Gasteiger partial charge in [-0.1, -0.05) is 11.6 Å². The van der Waals surface area contributed by atoms with Gasteiger partial charge in [-0.3, -0.25) is 4.98 Å².